The summed E-state index contributed by atoms with van der Waals surface area (Å²) in [5, 5.41) is 11.8. The van der Waals surface area contributed by atoms with Gasteiger partial charge < -0.3 is 4.74 Å². The smallest absolute Gasteiger partial charge is 0.156 e. The molecule has 102 valence electrons. The van der Waals surface area contributed by atoms with Crippen LogP contribution in [0, 0.1) is 0 Å². The van der Waals surface area contributed by atoms with E-state index in [1.165, 1.54) is 0 Å². The van der Waals surface area contributed by atoms with Gasteiger partial charge in [0.1, 0.15) is 5.75 Å². The average Bonchev–Trinajstić information content (AvgIpc) is 2.87. The quantitative estimate of drug-likeness (QED) is 0.801. The minimum atomic E-state index is 0.208. The first kappa shape index (κ1) is 13.5. The van der Waals surface area contributed by atoms with Gasteiger partial charge in [0, 0.05) is 12.5 Å². The maximum Gasteiger partial charge on any atom is 0.156 e. The number of ether oxygens (including phenoxy) is 1. The molecule has 1 heterocycles. The fourth-order valence-corrected chi connectivity index (χ4v) is 1.79. The molecule has 19 heavy (non-hydrogen) atoms. The van der Waals surface area contributed by atoms with E-state index >= 15 is 0 Å². The molecule has 0 radical (unpaired) electrons. The third kappa shape index (κ3) is 3.30. The van der Waals surface area contributed by atoms with E-state index in [9.17, 15) is 0 Å². The number of nitrogens with zero attached hydrogens (tertiary/aromatic N) is 4. The molecule has 0 bridgehead atoms. The van der Waals surface area contributed by atoms with Gasteiger partial charge in [-0.1, -0.05) is 19.9 Å². The monoisotopic (exact) mass is 260 g/mol. The summed E-state index contributed by atoms with van der Waals surface area (Å²) >= 11 is 0. The second-order valence-corrected chi connectivity index (χ2v) is 4.59. The van der Waals surface area contributed by atoms with Crippen molar-refractivity contribution in [3.8, 4) is 11.4 Å². The summed E-state index contributed by atoms with van der Waals surface area (Å²) < 4.78 is 7.59. The van der Waals surface area contributed by atoms with E-state index in [4.69, 9.17) is 4.74 Å². The van der Waals surface area contributed by atoms with Crippen molar-refractivity contribution in [1.82, 2.24) is 20.2 Å². The minimum absolute atomic E-state index is 0.208. The lowest BCUT2D eigenvalue weighted by Gasteiger charge is -2.13. The van der Waals surface area contributed by atoms with Crippen LogP contribution >= 0.6 is 0 Å². The lowest BCUT2D eigenvalue weighted by atomic mass is 10.2. The van der Waals surface area contributed by atoms with Crippen LogP contribution in [0.25, 0.3) is 5.69 Å². The molecular weight excluding hydrogens is 240 g/mol. The van der Waals surface area contributed by atoms with Crippen molar-refractivity contribution >= 4 is 0 Å². The summed E-state index contributed by atoms with van der Waals surface area (Å²) in [6, 6.07) is 7.88. The fourth-order valence-electron chi connectivity index (χ4n) is 1.79. The van der Waals surface area contributed by atoms with Crippen molar-refractivity contribution in [3.05, 3.63) is 30.1 Å². The lowest BCUT2D eigenvalue weighted by molar-refractivity contribution is 0.217. The molecular formula is C14H20N4O. The molecule has 0 N–H and O–H groups in total. The largest absolute Gasteiger partial charge is 0.491 e. The summed E-state index contributed by atoms with van der Waals surface area (Å²) in [6.07, 6.45) is 3.07. The summed E-state index contributed by atoms with van der Waals surface area (Å²) in [4.78, 5) is 0. The van der Waals surface area contributed by atoms with Crippen LogP contribution in [0.15, 0.2) is 24.3 Å². The van der Waals surface area contributed by atoms with Crippen molar-refractivity contribution in [2.45, 2.75) is 46.1 Å². The molecule has 5 nitrogen and oxygen atoms in total. The van der Waals surface area contributed by atoms with Crippen LogP contribution in [0.4, 0.5) is 0 Å². The van der Waals surface area contributed by atoms with Crippen LogP contribution in [-0.2, 0) is 6.42 Å². The van der Waals surface area contributed by atoms with Gasteiger partial charge in [0.05, 0.1) is 11.8 Å². The topological polar surface area (TPSA) is 52.8 Å². The van der Waals surface area contributed by atoms with Gasteiger partial charge in [-0.05, 0) is 42.3 Å². The van der Waals surface area contributed by atoms with Crippen LogP contribution in [0.5, 0.6) is 5.75 Å². The van der Waals surface area contributed by atoms with Gasteiger partial charge in [-0.3, -0.25) is 0 Å². The summed E-state index contributed by atoms with van der Waals surface area (Å²) in [7, 11) is 0. The first-order chi connectivity index (χ1) is 9.24. The Morgan fingerprint density at radius 3 is 2.89 bits per heavy atom. The van der Waals surface area contributed by atoms with E-state index in [0.29, 0.717) is 0 Å². The van der Waals surface area contributed by atoms with E-state index in [-0.39, 0.29) is 6.10 Å². The molecule has 0 saturated heterocycles. The summed E-state index contributed by atoms with van der Waals surface area (Å²) in [6.45, 7) is 6.28. The van der Waals surface area contributed by atoms with Gasteiger partial charge in [-0.2, -0.15) is 4.68 Å². The second kappa shape index (κ2) is 6.31. The molecule has 2 rings (SSSR count). The number of aromatic nitrogens is 4. The third-order valence-corrected chi connectivity index (χ3v) is 2.98. The highest BCUT2D eigenvalue weighted by Gasteiger charge is 2.08. The standard InChI is InChI=1S/C14H20N4O/c1-4-7-14-15-16-17-18(14)12-8-6-9-13(10-12)19-11(3)5-2/h6,8-11H,4-5,7H2,1-3H3. The first-order valence-corrected chi connectivity index (χ1v) is 6.79. The summed E-state index contributed by atoms with van der Waals surface area (Å²) in [5.74, 6) is 1.73. The molecule has 0 spiro atoms. The number of rotatable bonds is 6. The molecule has 1 unspecified atom stereocenters. The Morgan fingerprint density at radius 2 is 2.16 bits per heavy atom. The number of hydrogen-bond donors (Lipinski definition) is 0. The maximum atomic E-state index is 5.82. The van der Waals surface area contributed by atoms with E-state index in [2.05, 4.69) is 36.3 Å². The predicted molar refractivity (Wildman–Crippen MR) is 73.5 cm³/mol. The Balaban J connectivity index is 2.24. The SMILES string of the molecule is CCCc1nnnn1-c1cccc(OC(C)CC)c1. The number of benzene rings is 1. The lowest BCUT2D eigenvalue weighted by Crippen LogP contribution is -2.10. The third-order valence-electron chi connectivity index (χ3n) is 2.98. The molecule has 5 heteroatoms. The highest BCUT2D eigenvalue weighted by atomic mass is 16.5. The summed E-state index contributed by atoms with van der Waals surface area (Å²) in [5.41, 5.74) is 0.939. The zero-order valence-corrected chi connectivity index (χ0v) is 11.7. The van der Waals surface area contributed by atoms with E-state index in [1.807, 2.05) is 24.3 Å². The van der Waals surface area contributed by atoms with Crippen LogP contribution < -0.4 is 4.74 Å². The van der Waals surface area contributed by atoms with Crippen molar-refractivity contribution in [3.63, 3.8) is 0 Å². The van der Waals surface area contributed by atoms with Crippen molar-refractivity contribution in [2.75, 3.05) is 0 Å². The molecule has 0 saturated carbocycles. The molecule has 0 amide bonds. The van der Waals surface area contributed by atoms with Crippen LogP contribution in [-0.4, -0.2) is 26.3 Å². The molecule has 0 aliphatic rings. The zero-order chi connectivity index (χ0) is 13.7. The molecule has 2 aromatic rings. The molecule has 1 atom stereocenters. The van der Waals surface area contributed by atoms with Gasteiger partial charge in [-0.25, -0.2) is 0 Å². The zero-order valence-electron chi connectivity index (χ0n) is 11.7. The van der Waals surface area contributed by atoms with Crippen molar-refractivity contribution in [2.24, 2.45) is 0 Å². The van der Waals surface area contributed by atoms with Gasteiger partial charge >= 0.3 is 0 Å². The Hall–Kier alpha value is -1.91. The molecule has 1 aromatic carbocycles. The van der Waals surface area contributed by atoms with E-state index in [1.54, 1.807) is 4.68 Å². The number of tetrazole rings is 1. The Kier molecular flexibility index (Phi) is 4.49. The number of hydrogen-bond acceptors (Lipinski definition) is 4. The highest BCUT2D eigenvalue weighted by molar-refractivity contribution is 5.39. The Bertz CT molecular complexity index is 524. The average molecular weight is 260 g/mol. The molecule has 0 aliphatic heterocycles. The minimum Gasteiger partial charge on any atom is -0.491 e. The Morgan fingerprint density at radius 1 is 1.32 bits per heavy atom. The van der Waals surface area contributed by atoms with E-state index < -0.39 is 0 Å². The fraction of sp³-hybridized carbons (Fsp3) is 0.500. The molecule has 0 aliphatic carbocycles. The van der Waals surface area contributed by atoms with Crippen LogP contribution in [0.3, 0.4) is 0 Å². The normalized spacial score (nSPS) is 12.4. The van der Waals surface area contributed by atoms with Gasteiger partial charge in [-0.15, -0.1) is 5.10 Å². The van der Waals surface area contributed by atoms with Crippen molar-refractivity contribution < 1.29 is 4.74 Å². The van der Waals surface area contributed by atoms with Gasteiger partial charge in [0.2, 0.25) is 0 Å². The van der Waals surface area contributed by atoms with Crippen molar-refractivity contribution in [1.29, 1.82) is 0 Å². The van der Waals surface area contributed by atoms with Crippen LogP contribution in [0.2, 0.25) is 0 Å². The predicted octanol–water partition coefficient (Wildman–Crippen LogP) is 2.79. The Labute approximate surface area is 113 Å². The maximum absolute atomic E-state index is 5.82. The first-order valence-electron chi connectivity index (χ1n) is 6.79. The van der Waals surface area contributed by atoms with Gasteiger partial charge in [0.15, 0.2) is 5.82 Å². The molecule has 0 fully saturated rings. The van der Waals surface area contributed by atoms with E-state index in [0.717, 1.165) is 36.5 Å². The van der Waals surface area contributed by atoms with Crippen LogP contribution in [0.1, 0.15) is 39.4 Å². The highest BCUT2D eigenvalue weighted by Crippen LogP contribution is 2.19. The molecule has 1 aromatic heterocycles. The number of aryl methyl sites for hydroxylation is 1. The second-order valence-electron chi connectivity index (χ2n) is 4.59. The van der Waals surface area contributed by atoms with Gasteiger partial charge in [0.25, 0.3) is 0 Å².